The van der Waals surface area contributed by atoms with Gasteiger partial charge >= 0.3 is 0 Å². The van der Waals surface area contributed by atoms with Crippen LogP contribution in [0, 0.1) is 0 Å². The first kappa shape index (κ1) is 20.4. The van der Waals surface area contributed by atoms with Crippen LogP contribution in [0.4, 0.5) is 0 Å². The molecule has 4 rings (SSSR count). The zero-order valence-corrected chi connectivity index (χ0v) is 18.0. The van der Waals surface area contributed by atoms with E-state index in [0.717, 1.165) is 30.6 Å². The first-order valence-corrected chi connectivity index (χ1v) is 11.1. The molecule has 30 heavy (non-hydrogen) atoms. The van der Waals surface area contributed by atoms with E-state index in [1.54, 1.807) is 19.5 Å². The van der Waals surface area contributed by atoms with Gasteiger partial charge in [0.05, 0.1) is 18.6 Å². The van der Waals surface area contributed by atoms with Crippen molar-refractivity contribution in [3.63, 3.8) is 0 Å². The Labute approximate surface area is 180 Å². The molecule has 1 saturated heterocycles. The summed E-state index contributed by atoms with van der Waals surface area (Å²) in [6, 6.07) is 11.8. The second-order valence-corrected chi connectivity index (χ2v) is 8.22. The highest BCUT2D eigenvalue weighted by Gasteiger charge is 2.25. The van der Waals surface area contributed by atoms with Gasteiger partial charge in [0.15, 0.2) is 11.0 Å². The maximum atomic E-state index is 12.8. The molecular weight excluding hydrogens is 398 g/mol. The molecule has 1 aliphatic rings. The third-order valence-corrected chi connectivity index (χ3v) is 6.24. The Morgan fingerprint density at radius 3 is 2.83 bits per heavy atom. The van der Waals surface area contributed by atoms with Crippen LogP contribution in [-0.2, 0) is 4.79 Å². The number of thioether (sulfide) groups is 1. The van der Waals surface area contributed by atoms with E-state index in [0.29, 0.717) is 28.5 Å². The van der Waals surface area contributed by atoms with Gasteiger partial charge in [-0.15, -0.1) is 10.2 Å². The van der Waals surface area contributed by atoms with Crippen molar-refractivity contribution in [2.75, 3.05) is 19.4 Å². The molecule has 0 bridgehead atoms. The number of carbonyl (C=O) groups excluding carboxylic acids is 1. The van der Waals surface area contributed by atoms with Crippen LogP contribution in [0.15, 0.2) is 53.9 Å². The summed E-state index contributed by atoms with van der Waals surface area (Å²) in [5.41, 5.74) is 1.67. The van der Waals surface area contributed by atoms with Crippen molar-refractivity contribution in [2.24, 2.45) is 0 Å². The lowest BCUT2D eigenvalue weighted by Gasteiger charge is -2.33. The zero-order valence-electron chi connectivity index (χ0n) is 17.2. The molecule has 0 radical (unpaired) electrons. The Morgan fingerprint density at radius 1 is 1.20 bits per heavy atom. The topological polar surface area (TPSA) is 73.1 Å². The minimum atomic E-state index is 0.143. The van der Waals surface area contributed by atoms with Gasteiger partial charge in [0, 0.05) is 30.5 Å². The summed E-state index contributed by atoms with van der Waals surface area (Å²) in [6.07, 6.45) is 6.81. The highest BCUT2D eigenvalue weighted by molar-refractivity contribution is 7.99. The van der Waals surface area contributed by atoms with E-state index in [9.17, 15) is 4.79 Å². The van der Waals surface area contributed by atoms with Crippen LogP contribution in [-0.4, -0.2) is 56.0 Å². The Hall–Kier alpha value is -2.87. The molecule has 8 heteroatoms. The summed E-state index contributed by atoms with van der Waals surface area (Å²) >= 11 is 1.40. The predicted octanol–water partition coefficient (Wildman–Crippen LogP) is 3.83. The fourth-order valence-corrected chi connectivity index (χ4v) is 4.59. The molecule has 7 nitrogen and oxygen atoms in total. The van der Waals surface area contributed by atoms with Crippen LogP contribution in [0.5, 0.6) is 5.75 Å². The van der Waals surface area contributed by atoms with Crippen molar-refractivity contribution in [2.45, 2.75) is 37.4 Å². The Balaban J connectivity index is 1.66. The molecule has 2 aromatic heterocycles. The predicted molar refractivity (Wildman–Crippen MR) is 117 cm³/mol. The molecule has 3 aromatic rings. The number of amides is 1. The van der Waals surface area contributed by atoms with Crippen molar-refractivity contribution < 1.29 is 9.53 Å². The van der Waals surface area contributed by atoms with E-state index in [1.807, 2.05) is 45.9 Å². The lowest BCUT2D eigenvalue weighted by atomic mass is 10.0. The van der Waals surface area contributed by atoms with Crippen molar-refractivity contribution in [3.05, 3.63) is 48.8 Å². The number of hydrogen-bond donors (Lipinski definition) is 0. The normalized spacial score (nSPS) is 16.5. The molecule has 3 heterocycles. The monoisotopic (exact) mass is 423 g/mol. The second-order valence-electron chi connectivity index (χ2n) is 7.28. The third-order valence-electron chi connectivity index (χ3n) is 5.33. The summed E-state index contributed by atoms with van der Waals surface area (Å²) in [4.78, 5) is 19.0. The molecule has 0 spiro atoms. The molecule has 0 unspecified atom stereocenters. The average Bonchev–Trinajstić information content (AvgIpc) is 3.22. The average molecular weight is 424 g/mol. The molecule has 1 aromatic carbocycles. The summed E-state index contributed by atoms with van der Waals surface area (Å²) in [5.74, 6) is 1.84. The van der Waals surface area contributed by atoms with Crippen LogP contribution >= 0.6 is 11.8 Å². The standard InChI is InChI=1S/C22H25N5O2S/c1-16-8-5-6-13-26(16)20(28)15-30-22-25-24-21(17-9-7-12-23-14-17)27(22)18-10-3-4-11-19(18)29-2/h3-4,7,9-12,14,16H,5-6,8,13,15H2,1-2H3/t16-/m0/s1. The van der Waals surface area contributed by atoms with Crippen molar-refractivity contribution in [1.29, 1.82) is 0 Å². The first-order valence-electron chi connectivity index (χ1n) is 10.1. The van der Waals surface area contributed by atoms with Crippen molar-refractivity contribution in [3.8, 4) is 22.8 Å². The largest absolute Gasteiger partial charge is 0.495 e. The van der Waals surface area contributed by atoms with Gasteiger partial charge in [-0.3, -0.25) is 14.3 Å². The number of rotatable bonds is 6. The Bertz CT molecular complexity index is 1010. The van der Waals surface area contributed by atoms with Gasteiger partial charge in [0.25, 0.3) is 0 Å². The molecule has 1 aliphatic heterocycles. The van der Waals surface area contributed by atoms with Crippen LogP contribution in [0.25, 0.3) is 17.1 Å². The highest BCUT2D eigenvalue weighted by Crippen LogP contribution is 2.32. The molecule has 1 atom stereocenters. The van der Waals surface area contributed by atoms with E-state index >= 15 is 0 Å². The van der Waals surface area contributed by atoms with Crippen LogP contribution in [0.1, 0.15) is 26.2 Å². The molecular formula is C22H25N5O2S. The van der Waals surface area contributed by atoms with Gasteiger partial charge in [-0.05, 0) is 50.5 Å². The molecule has 0 aliphatic carbocycles. The van der Waals surface area contributed by atoms with Crippen LogP contribution < -0.4 is 4.74 Å². The summed E-state index contributed by atoms with van der Waals surface area (Å²) < 4.78 is 7.51. The highest BCUT2D eigenvalue weighted by atomic mass is 32.2. The lowest BCUT2D eigenvalue weighted by Crippen LogP contribution is -2.42. The molecule has 0 N–H and O–H groups in total. The van der Waals surface area contributed by atoms with Gasteiger partial charge in [-0.2, -0.15) is 0 Å². The van der Waals surface area contributed by atoms with E-state index in [2.05, 4.69) is 22.1 Å². The molecule has 0 saturated carbocycles. The lowest BCUT2D eigenvalue weighted by molar-refractivity contribution is -0.131. The Morgan fingerprint density at radius 2 is 2.07 bits per heavy atom. The number of benzene rings is 1. The number of ether oxygens (including phenoxy) is 1. The summed E-state index contributed by atoms with van der Waals surface area (Å²) in [6.45, 7) is 2.96. The molecule has 1 amide bonds. The minimum Gasteiger partial charge on any atom is -0.495 e. The van der Waals surface area contributed by atoms with Gasteiger partial charge in [0.2, 0.25) is 5.91 Å². The van der Waals surface area contributed by atoms with E-state index in [-0.39, 0.29) is 5.91 Å². The minimum absolute atomic E-state index is 0.143. The quantitative estimate of drug-likeness (QED) is 0.561. The fourth-order valence-electron chi connectivity index (χ4n) is 3.75. The number of aromatic nitrogens is 4. The van der Waals surface area contributed by atoms with Crippen LogP contribution in [0.2, 0.25) is 0 Å². The zero-order chi connectivity index (χ0) is 20.9. The van der Waals surface area contributed by atoms with E-state index in [1.165, 1.54) is 18.2 Å². The molecule has 156 valence electrons. The van der Waals surface area contributed by atoms with Gasteiger partial charge in [-0.1, -0.05) is 23.9 Å². The van der Waals surface area contributed by atoms with Crippen molar-refractivity contribution in [1.82, 2.24) is 24.6 Å². The number of nitrogens with zero attached hydrogens (tertiary/aromatic N) is 5. The number of likely N-dealkylation sites (tertiary alicyclic amines) is 1. The number of carbonyl (C=O) groups is 1. The number of piperidine rings is 1. The van der Waals surface area contributed by atoms with E-state index in [4.69, 9.17) is 4.74 Å². The summed E-state index contributed by atoms with van der Waals surface area (Å²) in [7, 11) is 1.64. The maximum Gasteiger partial charge on any atom is 0.233 e. The number of hydrogen-bond acceptors (Lipinski definition) is 6. The second kappa shape index (κ2) is 9.30. The van der Waals surface area contributed by atoms with Gasteiger partial charge in [0.1, 0.15) is 5.75 Å². The molecule has 1 fully saturated rings. The first-order chi connectivity index (χ1) is 14.7. The fraction of sp³-hybridized carbons (Fsp3) is 0.364. The maximum absolute atomic E-state index is 12.8. The Kier molecular flexibility index (Phi) is 6.32. The van der Waals surface area contributed by atoms with Gasteiger partial charge in [-0.25, -0.2) is 0 Å². The van der Waals surface area contributed by atoms with Crippen molar-refractivity contribution >= 4 is 17.7 Å². The number of pyridine rings is 1. The number of methoxy groups -OCH3 is 1. The summed E-state index contributed by atoms with van der Waals surface area (Å²) in [5, 5.41) is 9.47. The van der Waals surface area contributed by atoms with E-state index < -0.39 is 0 Å². The SMILES string of the molecule is COc1ccccc1-n1c(SCC(=O)N2CCCC[C@@H]2C)nnc1-c1cccnc1. The van der Waals surface area contributed by atoms with Gasteiger partial charge < -0.3 is 9.64 Å². The number of para-hydroxylation sites is 2. The third kappa shape index (κ3) is 4.18. The smallest absolute Gasteiger partial charge is 0.233 e. The van der Waals surface area contributed by atoms with Crippen LogP contribution in [0.3, 0.4) is 0 Å².